The highest BCUT2D eigenvalue weighted by atomic mass is 16.6. The first-order chi connectivity index (χ1) is 12.0. The molecule has 2 aromatic rings. The second-order valence-electron chi connectivity index (χ2n) is 6.24. The van der Waals surface area contributed by atoms with Crippen LogP contribution in [0.25, 0.3) is 0 Å². The summed E-state index contributed by atoms with van der Waals surface area (Å²) in [5.41, 5.74) is 0.927. The standard InChI is InChI=1S/C17H19N5O3/c1-20-9-6-19-17(20)16(23)12-4-7-21(8-5-12)15-3-2-14(22(24)25)10-13(15)11-18/h2-3,6,9-10,12,16,23H,4-5,7-8H2,1H3. The summed E-state index contributed by atoms with van der Waals surface area (Å²) in [4.78, 5) is 16.6. The van der Waals surface area contributed by atoms with Gasteiger partial charge in [0.1, 0.15) is 18.0 Å². The van der Waals surface area contributed by atoms with Crippen LogP contribution in [0.3, 0.4) is 0 Å². The molecule has 1 aromatic carbocycles. The summed E-state index contributed by atoms with van der Waals surface area (Å²) in [6, 6.07) is 6.41. The number of nitro benzene ring substituents is 1. The Kier molecular flexibility index (Phi) is 4.67. The molecule has 1 aliphatic rings. The number of nitro groups is 1. The van der Waals surface area contributed by atoms with Gasteiger partial charge in [-0.3, -0.25) is 10.1 Å². The van der Waals surface area contributed by atoms with Gasteiger partial charge in [-0.25, -0.2) is 4.98 Å². The van der Waals surface area contributed by atoms with E-state index >= 15 is 0 Å². The monoisotopic (exact) mass is 341 g/mol. The highest BCUT2D eigenvalue weighted by Gasteiger charge is 2.29. The molecule has 8 nitrogen and oxygen atoms in total. The molecule has 8 heteroatoms. The average molecular weight is 341 g/mol. The maximum atomic E-state index is 10.9. The Morgan fingerprint density at radius 1 is 1.44 bits per heavy atom. The van der Waals surface area contributed by atoms with Crippen molar-refractivity contribution in [2.24, 2.45) is 13.0 Å². The first-order valence-corrected chi connectivity index (χ1v) is 8.10. The zero-order valence-electron chi connectivity index (χ0n) is 13.9. The largest absolute Gasteiger partial charge is 0.385 e. The van der Waals surface area contributed by atoms with Crippen LogP contribution >= 0.6 is 0 Å². The molecule has 1 fully saturated rings. The number of nitriles is 1. The molecular formula is C17H19N5O3. The fraction of sp³-hybridized carbons (Fsp3) is 0.412. The summed E-state index contributed by atoms with van der Waals surface area (Å²) in [6.45, 7) is 1.36. The van der Waals surface area contributed by atoms with E-state index in [0.717, 1.165) is 12.8 Å². The molecule has 1 atom stereocenters. The molecular weight excluding hydrogens is 322 g/mol. The zero-order valence-corrected chi connectivity index (χ0v) is 13.9. The Morgan fingerprint density at radius 2 is 2.16 bits per heavy atom. The van der Waals surface area contributed by atoms with Gasteiger partial charge in [0.05, 0.1) is 16.2 Å². The lowest BCUT2D eigenvalue weighted by molar-refractivity contribution is -0.384. The highest BCUT2D eigenvalue weighted by molar-refractivity contribution is 5.63. The molecule has 3 rings (SSSR count). The molecule has 130 valence electrons. The number of non-ortho nitro benzene ring substituents is 1. The van der Waals surface area contributed by atoms with E-state index < -0.39 is 11.0 Å². The number of rotatable bonds is 4. The van der Waals surface area contributed by atoms with Crippen molar-refractivity contribution in [1.82, 2.24) is 9.55 Å². The summed E-state index contributed by atoms with van der Waals surface area (Å²) < 4.78 is 1.82. The average Bonchev–Trinajstić information content (AvgIpc) is 3.06. The number of aliphatic hydroxyl groups excluding tert-OH is 1. The van der Waals surface area contributed by atoms with Crippen molar-refractivity contribution < 1.29 is 10.0 Å². The third-order valence-corrected chi connectivity index (χ3v) is 4.76. The molecule has 0 amide bonds. The molecule has 1 N–H and O–H groups in total. The van der Waals surface area contributed by atoms with Crippen molar-refractivity contribution in [2.75, 3.05) is 18.0 Å². The van der Waals surface area contributed by atoms with Gasteiger partial charge in [0.25, 0.3) is 5.69 Å². The van der Waals surface area contributed by atoms with Gasteiger partial charge in [-0.15, -0.1) is 0 Å². The number of aliphatic hydroxyl groups is 1. The summed E-state index contributed by atoms with van der Waals surface area (Å²) in [6.07, 6.45) is 4.38. The van der Waals surface area contributed by atoms with Crippen molar-refractivity contribution in [3.63, 3.8) is 0 Å². The van der Waals surface area contributed by atoms with Crippen LogP contribution in [0.2, 0.25) is 0 Å². The fourth-order valence-corrected chi connectivity index (χ4v) is 3.33. The van der Waals surface area contributed by atoms with Crippen LogP contribution in [0.4, 0.5) is 11.4 Å². The Bertz CT molecular complexity index is 818. The number of hydrogen-bond donors (Lipinski definition) is 1. The molecule has 0 saturated carbocycles. The topological polar surface area (TPSA) is 108 Å². The van der Waals surface area contributed by atoms with Gasteiger partial charge in [0.2, 0.25) is 0 Å². The number of nitrogens with zero attached hydrogens (tertiary/aromatic N) is 5. The maximum absolute atomic E-state index is 10.9. The van der Waals surface area contributed by atoms with Crippen molar-refractivity contribution in [3.05, 3.63) is 52.1 Å². The number of benzene rings is 1. The van der Waals surface area contributed by atoms with Gasteiger partial charge >= 0.3 is 0 Å². The molecule has 0 aliphatic carbocycles. The molecule has 0 bridgehead atoms. The molecule has 25 heavy (non-hydrogen) atoms. The predicted molar refractivity (Wildman–Crippen MR) is 90.9 cm³/mol. The molecule has 1 saturated heterocycles. The van der Waals surface area contributed by atoms with Gasteiger partial charge in [-0.1, -0.05) is 0 Å². The van der Waals surface area contributed by atoms with E-state index in [2.05, 4.69) is 4.98 Å². The van der Waals surface area contributed by atoms with Crippen LogP contribution in [0.5, 0.6) is 0 Å². The number of aryl methyl sites for hydroxylation is 1. The second-order valence-corrected chi connectivity index (χ2v) is 6.24. The van der Waals surface area contributed by atoms with E-state index in [1.54, 1.807) is 12.3 Å². The van der Waals surface area contributed by atoms with Gasteiger partial charge < -0.3 is 14.6 Å². The Morgan fingerprint density at radius 3 is 2.72 bits per heavy atom. The zero-order chi connectivity index (χ0) is 18.0. The summed E-state index contributed by atoms with van der Waals surface area (Å²) in [5.74, 6) is 0.757. The third kappa shape index (κ3) is 3.32. The third-order valence-electron chi connectivity index (χ3n) is 4.76. The molecule has 0 spiro atoms. The summed E-state index contributed by atoms with van der Waals surface area (Å²) >= 11 is 0. The van der Waals surface area contributed by atoms with E-state index in [-0.39, 0.29) is 11.6 Å². The number of anilines is 1. The second kappa shape index (κ2) is 6.91. The molecule has 1 aromatic heterocycles. The SMILES string of the molecule is Cn1ccnc1C(O)C1CCN(c2ccc([N+](=O)[O-])cc2C#N)CC1. The van der Waals surface area contributed by atoms with Gasteiger partial charge in [0, 0.05) is 44.7 Å². The molecule has 0 radical (unpaired) electrons. The summed E-state index contributed by atoms with van der Waals surface area (Å²) in [5, 5.41) is 30.7. The van der Waals surface area contributed by atoms with Crippen molar-refractivity contribution in [2.45, 2.75) is 18.9 Å². The number of piperidine rings is 1. The van der Waals surface area contributed by atoms with Crippen molar-refractivity contribution in [1.29, 1.82) is 5.26 Å². The number of imidazole rings is 1. The Labute approximate surface area is 145 Å². The van der Waals surface area contributed by atoms with Crippen LogP contribution in [-0.2, 0) is 7.05 Å². The first kappa shape index (κ1) is 16.9. The van der Waals surface area contributed by atoms with Crippen LogP contribution in [0.15, 0.2) is 30.6 Å². The van der Waals surface area contributed by atoms with E-state index in [1.807, 2.05) is 28.8 Å². The lowest BCUT2D eigenvalue weighted by Gasteiger charge is -2.35. The smallest absolute Gasteiger partial charge is 0.270 e. The normalized spacial score (nSPS) is 16.4. The highest BCUT2D eigenvalue weighted by Crippen LogP contribution is 2.33. The van der Waals surface area contributed by atoms with Crippen LogP contribution in [0.1, 0.15) is 30.3 Å². The van der Waals surface area contributed by atoms with Crippen LogP contribution < -0.4 is 4.90 Å². The minimum absolute atomic E-state index is 0.0830. The fourth-order valence-electron chi connectivity index (χ4n) is 3.33. The van der Waals surface area contributed by atoms with Crippen molar-refractivity contribution in [3.8, 4) is 6.07 Å². The Hall–Kier alpha value is -2.92. The minimum atomic E-state index is -0.616. The van der Waals surface area contributed by atoms with Crippen molar-refractivity contribution >= 4 is 11.4 Å². The minimum Gasteiger partial charge on any atom is -0.385 e. The first-order valence-electron chi connectivity index (χ1n) is 8.10. The molecule has 1 unspecified atom stereocenters. The quantitative estimate of drug-likeness (QED) is 0.674. The van der Waals surface area contributed by atoms with E-state index in [9.17, 15) is 20.5 Å². The predicted octanol–water partition coefficient (Wildman–Crippen LogP) is 2.15. The van der Waals surface area contributed by atoms with Gasteiger partial charge in [0.15, 0.2) is 0 Å². The summed E-state index contributed by atoms with van der Waals surface area (Å²) in [7, 11) is 1.86. The maximum Gasteiger partial charge on any atom is 0.270 e. The molecule has 1 aliphatic heterocycles. The number of aromatic nitrogens is 2. The lowest BCUT2D eigenvalue weighted by Crippen LogP contribution is -2.36. The van der Waals surface area contributed by atoms with E-state index in [1.165, 1.54) is 12.1 Å². The van der Waals surface area contributed by atoms with E-state index in [0.29, 0.717) is 30.2 Å². The number of hydrogen-bond acceptors (Lipinski definition) is 6. The molecule has 2 heterocycles. The Balaban J connectivity index is 1.71. The van der Waals surface area contributed by atoms with E-state index in [4.69, 9.17) is 0 Å². The van der Waals surface area contributed by atoms with Gasteiger partial charge in [-0.2, -0.15) is 5.26 Å². The van der Waals surface area contributed by atoms with Crippen LogP contribution in [0, 0.1) is 27.4 Å². The lowest BCUT2D eigenvalue weighted by atomic mass is 9.90. The van der Waals surface area contributed by atoms with Crippen LogP contribution in [-0.4, -0.2) is 32.7 Å². The van der Waals surface area contributed by atoms with Gasteiger partial charge in [-0.05, 0) is 24.8 Å².